The molecule has 0 saturated carbocycles. The Kier molecular flexibility index (Phi) is 2.98. The topological polar surface area (TPSA) is 52.1 Å². The lowest BCUT2D eigenvalue weighted by molar-refractivity contribution is -0.133. The van der Waals surface area contributed by atoms with Crippen molar-refractivity contribution < 1.29 is 9.53 Å². The first-order chi connectivity index (χ1) is 6.22. The van der Waals surface area contributed by atoms with Gasteiger partial charge in [-0.3, -0.25) is 0 Å². The molecule has 13 heavy (non-hydrogen) atoms. The molecule has 0 N–H and O–H groups in total. The fraction of sp³-hybridized carbons (Fsp3) is 0.222. The van der Waals surface area contributed by atoms with Gasteiger partial charge in [0, 0.05) is 5.92 Å². The lowest BCUT2D eigenvalue weighted by Crippen LogP contribution is -1.95. The van der Waals surface area contributed by atoms with Crippen LogP contribution < -0.4 is 0 Å². The van der Waals surface area contributed by atoms with Gasteiger partial charge in [0.05, 0.1) is 12.8 Å². The molecule has 4 nitrogen and oxygen atoms in total. The van der Waals surface area contributed by atoms with Crippen molar-refractivity contribution in [3.63, 3.8) is 0 Å². The van der Waals surface area contributed by atoms with E-state index in [0.29, 0.717) is 5.69 Å². The van der Waals surface area contributed by atoms with Crippen LogP contribution >= 0.6 is 0 Å². The molecule has 0 saturated heterocycles. The number of aryl methyl sites for hydroxylation is 1. The number of nitrogens with zero attached hydrogens (tertiary/aromatic N) is 2. The largest absolute Gasteiger partial charge is 0.459 e. The first-order valence-electron chi connectivity index (χ1n) is 3.62. The van der Waals surface area contributed by atoms with E-state index in [1.807, 2.05) is 6.92 Å². The second-order valence-electron chi connectivity index (χ2n) is 2.30. The summed E-state index contributed by atoms with van der Waals surface area (Å²) in [5.74, 6) is 4.20. The molecule has 0 aromatic carbocycles. The quantitative estimate of drug-likeness (QED) is 0.421. The van der Waals surface area contributed by atoms with Crippen LogP contribution in [0.15, 0.2) is 12.1 Å². The van der Waals surface area contributed by atoms with E-state index in [2.05, 4.69) is 26.8 Å². The number of methoxy groups -OCH3 is 1. The Hall–Kier alpha value is -1.89. The Labute approximate surface area is 75.9 Å². The number of hydrogen-bond donors (Lipinski definition) is 0. The molecule has 0 amide bonds. The Balaban J connectivity index is 2.78. The molecule has 0 bridgehead atoms. The van der Waals surface area contributed by atoms with Gasteiger partial charge < -0.3 is 4.74 Å². The summed E-state index contributed by atoms with van der Waals surface area (Å²) in [6.07, 6.45) is 0. The van der Waals surface area contributed by atoms with Crippen molar-refractivity contribution in [2.24, 2.45) is 0 Å². The van der Waals surface area contributed by atoms with Crippen molar-refractivity contribution in [1.82, 2.24) is 10.2 Å². The minimum atomic E-state index is -0.581. The monoisotopic (exact) mass is 176 g/mol. The maximum atomic E-state index is 10.6. The Bertz CT molecular complexity index is 359. The standard InChI is InChI=1S/C9H8N2O2/c1-7-3-4-8(11-10-7)5-6-9(12)13-2/h3-4H,1-2H3. The van der Waals surface area contributed by atoms with Crippen molar-refractivity contribution in [3.8, 4) is 11.8 Å². The third kappa shape index (κ3) is 2.91. The van der Waals surface area contributed by atoms with E-state index in [4.69, 9.17) is 0 Å². The maximum absolute atomic E-state index is 10.6. The van der Waals surface area contributed by atoms with E-state index in [1.54, 1.807) is 12.1 Å². The van der Waals surface area contributed by atoms with Crippen molar-refractivity contribution in [2.75, 3.05) is 7.11 Å². The Morgan fingerprint density at radius 1 is 1.46 bits per heavy atom. The fourth-order valence-electron chi connectivity index (χ4n) is 0.632. The number of esters is 1. The van der Waals surface area contributed by atoms with Crippen LogP contribution in [-0.4, -0.2) is 23.3 Å². The summed E-state index contributed by atoms with van der Waals surface area (Å²) in [5, 5.41) is 7.53. The lowest BCUT2D eigenvalue weighted by Gasteiger charge is -1.89. The van der Waals surface area contributed by atoms with Gasteiger partial charge in [-0.05, 0) is 25.0 Å². The molecule has 0 unspecified atom stereocenters. The predicted molar refractivity (Wildman–Crippen MR) is 45.7 cm³/mol. The molecular formula is C9H8N2O2. The number of rotatable bonds is 0. The van der Waals surface area contributed by atoms with Crippen molar-refractivity contribution in [3.05, 3.63) is 23.5 Å². The van der Waals surface area contributed by atoms with E-state index in [1.165, 1.54) is 7.11 Å². The van der Waals surface area contributed by atoms with Gasteiger partial charge in [0.15, 0.2) is 0 Å². The lowest BCUT2D eigenvalue weighted by atomic mass is 10.3. The predicted octanol–water partition coefficient (Wildman–Crippen LogP) is 0.310. The zero-order valence-corrected chi connectivity index (χ0v) is 7.37. The molecule has 0 radical (unpaired) electrons. The van der Waals surface area contributed by atoms with Gasteiger partial charge in [-0.1, -0.05) is 0 Å². The van der Waals surface area contributed by atoms with Crippen LogP contribution in [0.2, 0.25) is 0 Å². The van der Waals surface area contributed by atoms with Crippen molar-refractivity contribution in [1.29, 1.82) is 0 Å². The van der Waals surface area contributed by atoms with Crippen LogP contribution in [0.1, 0.15) is 11.4 Å². The second kappa shape index (κ2) is 4.21. The summed E-state index contributed by atoms with van der Waals surface area (Å²) in [5.41, 5.74) is 1.26. The van der Waals surface area contributed by atoms with Crippen molar-refractivity contribution >= 4 is 5.97 Å². The van der Waals surface area contributed by atoms with Crippen LogP contribution in [0.4, 0.5) is 0 Å². The van der Waals surface area contributed by atoms with Gasteiger partial charge in [0.25, 0.3) is 0 Å². The van der Waals surface area contributed by atoms with Gasteiger partial charge in [0.1, 0.15) is 5.69 Å². The smallest absolute Gasteiger partial charge is 0.384 e. The molecule has 0 spiro atoms. The van der Waals surface area contributed by atoms with Gasteiger partial charge in [0.2, 0.25) is 0 Å². The van der Waals surface area contributed by atoms with Crippen LogP contribution in [-0.2, 0) is 9.53 Å². The molecular weight excluding hydrogens is 168 g/mol. The third-order valence-electron chi connectivity index (χ3n) is 1.28. The van der Waals surface area contributed by atoms with Gasteiger partial charge >= 0.3 is 5.97 Å². The number of hydrogen-bond acceptors (Lipinski definition) is 4. The number of carbonyl (C=O) groups is 1. The number of ether oxygens (including phenoxy) is 1. The molecule has 0 aliphatic carbocycles. The summed E-state index contributed by atoms with van der Waals surface area (Å²) in [7, 11) is 1.28. The molecule has 1 rings (SSSR count). The van der Waals surface area contributed by atoms with Crippen LogP contribution in [0.5, 0.6) is 0 Å². The Morgan fingerprint density at radius 3 is 2.77 bits per heavy atom. The first-order valence-corrected chi connectivity index (χ1v) is 3.62. The van der Waals surface area contributed by atoms with Crippen LogP contribution in [0.25, 0.3) is 0 Å². The van der Waals surface area contributed by atoms with Gasteiger partial charge in [-0.15, -0.1) is 5.10 Å². The van der Waals surface area contributed by atoms with E-state index >= 15 is 0 Å². The molecule has 4 heteroatoms. The molecule has 1 heterocycles. The van der Waals surface area contributed by atoms with E-state index in [9.17, 15) is 4.79 Å². The highest BCUT2D eigenvalue weighted by atomic mass is 16.5. The van der Waals surface area contributed by atoms with Crippen molar-refractivity contribution in [2.45, 2.75) is 6.92 Å². The summed E-state index contributed by atoms with van der Waals surface area (Å²) < 4.78 is 4.33. The molecule has 66 valence electrons. The molecule has 0 aliphatic rings. The second-order valence-corrected chi connectivity index (χ2v) is 2.30. The molecule has 0 fully saturated rings. The third-order valence-corrected chi connectivity index (χ3v) is 1.28. The first kappa shape index (κ1) is 9.20. The average Bonchev–Trinajstić information content (AvgIpc) is 2.16. The molecule has 1 aromatic rings. The zero-order chi connectivity index (χ0) is 9.68. The number of aromatic nitrogens is 2. The van der Waals surface area contributed by atoms with Crippen LogP contribution in [0, 0.1) is 18.8 Å². The SMILES string of the molecule is COC(=O)C#Cc1ccc(C)nn1. The van der Waals surface area contributed by atoms with E-state index in [-0.39, 0.29) is 0 Å². The van der Waals surface area contributed by atoms with Crippen LogP contribution in [0.3, 0.4) is 0 Å². The minimum Gasteiger partial charge on any atom is -0.459 e. The fourth-order valence-corrected chi connectivity index (χ4v) is 0.632. The summed E-state index contributed by atoms with van der Waals surface area (Å²) >= 11 is 0. The van der Waals surface area contributed by atoms with E-state index < -0.39 is 5.97 Å². The van der Waals surface area contributed by atoms with E-state index in [0.717, 1.165) is 5.69 Å². The summed E-state index contributed by atoms with van der Waals surface area (Å²) in [4.78, 5) is 10.6. The molecule has 0 atom stereocenters. The highest BCUT2D eigenvalue weighted by Crippen LogP contribution is 1.91. The summed E-state index contributed by atoms with van der Waals surface area (Å²) in [6.45, 7) is 1.82. The normalized spacial score (nSPS) is 8.46. The molecule has 0 aliphatic heterocycles. The average molecular weight is 176 g/mol. The van der Waals surface area contributed by atoms with Gasteiger partial charge in [-0.25, -0.2) is 4.79 Å². The Morgan fingerprint density at radius 2 is 2.23 bits per heavy atom. The molecule has 1 aromatic heterocycles. The van der Waals surface area contributed by atoms with Gasteiger partial charge in [-0.2, -0.15) is 5.10 Å². The highest BCUT2D eigenvalue weighted by molar-refractivity contribution is 5.88. The summed E-state index contributed by atoms with van der Waals surface area (Å²) in [6, 6.07) is 3.46. The minimum absolute atomic E-state index is 0.455. The zero-order valence-electron chi connectivity index (χ0n) is 7.37. The highest BCUT2D eigenvalue weighted by Gasteiger charge is 1.92. The maximum Gasteiger partial charge on any atom is 0.384 e. The number of carbonyl (C=O) groups excluding carboxylic acids is 1.